The van der Waals surface area contributed by atoms with Gasteiger partial charge in [-0.05, 0) is 60.1 Å². The van der Waals surface area contributed by atoms with Crippen molar-refractivity contribution in [2.75, 3.05) is 35.3 Å². The van der Waals surface area contributed by atoms with Crippen molar-refractivity contribution in [3.05, 3.63) is 41.5 Å². The van der Waals surface area contributed by atoms with Crippen molar-refractivity contribution in [2.45, 2.75) is 51.6 Å². The Morgan fingerprint density at radius 2 is 1.92 bits per heavy atom. The molecule has 2 fully saturated rings. The highest BCUT2D eigenvalue weighted by Crippen LogP contribution is 2.62. The van der Waals surface area contributed by atoms with Gasteiger partial charge in [0, 0.05) is 64.1 Å². The van der Waals surface area contributed by atoms with Crippen LogP contribution in [0.1, 0.15) is 37.3 Å². The Morgan fingerprint density at radius 3 is 2.56 bits per heavy atom. The third-order valence-corrected chi connectivity index (χ3v) is 9.25. The molecule has 1 amide bonds. The van der Waals surface area contributed by atoms with Crippen LogP contribution in [0.5, 0.6) is 0 Å². The summed E-state index contributed by atoms with van der Waals surface area (Å²) in [5, 5.41) is 3.00. The lowest BCUT2D eigenvalue weighted by atomic mass is 10.00. The lowest BCUT2D eigenvalue weighted by Crippen LogP contribution is -2.43. The second-order valence-electron chi connectivity index (χ2n) is 10.1. The van der Waals surface area contributed by atoms with Gasteiger partial charge in [0.25, 0.3) is 5.92 Å². The number of amides is 1. The fraction of sp³-hybridized carbons (Fsp3) is 0.520. The quantitative estimate of drug-likeness (QED) is 0.510. The van der Waals surface area contributed by atoms with Crippen LogP contribution < -0.4 is 13.9 Å². The van der Waals surface area contributed by atoms with E-state index in [-0.39, 0.29) is 24.9 Å². The first-order valence-electron chi connectivity index (χ1n) is 12.2. The summed E-state index contributed by atoms with van der Waals surface area (Å²) < 4.78 is 51.2. The minimum absolute atomic E-state index is 0.0129. The van der Waals surface area contributed by atoms with E-state index in [1.165, 1.54) is 15.7 Å². The van der Waals surface area contributed by atoms with Gasteiger partial charge < -0.3 is 5.32 Å². The molecule has 1 saturated heterocycles. The first-order valence-corrected chi connectivity index (χ1v) is 13.7. The number of hydrogen-bond donors (Lipinski definition) is 3. The molecular formula is C25H33F2N5O3S. The van der Waals surface area contributed by atoms with Crippen LogP contribution in [-0.2, 0) is 11.3 Å². The molecule has 5 rings (SSSR count). The third-order valence-electron chi connectivity index (χ3n) is 7.41. The number of aromatic nitrogens is 1. The number of rotatable bonds is 6. The van der Waals surface area contributed by atoms with Crippen LogP contribution >= 0.6 is 11.0 Å². The number of benzene rings is 1. The average molecular weight is 522 g/mol. The van der Waals surface area contributed by atoms with Gasteiger partial charge in [-0.3, -0.25) is 18.8 Å². The summed E-state index contributed by atoms with van der Waals surface area (Å²) in [4.78, 5) is 18.4. The van der Waals surface area contributed by atoms with Crippen LogP contribution in [0.4, 0.5) is 20.3 Å². The molecule has 8 nitrogen and oxygen atoms in total. The number of carbonyl (C=O) groups excluding carboxylic acids is 1. The maximum Gasteiger partial charge on any atom is 0.253 e. The summed E-state index contributed by atoms with van der Waals surface area (Å²) in [5.74, 6) is -3.24. The fourth-order valence-electron chi connectivity index (χ4n) is 5.10. The summed E-state index contributed by atoms with van der Waals surface area (Å²) >= 11 is 0. The van der Waals surface area contributed by atoms with Crippen molar-refractivity contribution < 1.29 is 22.7 Å². The molecule has 36 heavy (non-hydrogen) atoms. The van der Waals surface area contributed by atoms with E-state index < -0.39 is 22.8 Å². The molecule has 1 atom stereocenters. The molecule has 0 bridgehead atoms. The van der Waals surface area contributed by atoms with Gasteiger partial charge in [0.15, 0.2) is 5.82 Å². The molecule has 3 heterocycles. The normalized spacial score (nSPS) is 23.9. The van der Waals surface area contributed by atoms with Crippen LogP contribution in [0.2, 0.25) is 0 Å². The number of nitrogens with zero attached hydrogens (tertiary/aromatic N) is 4. The molecule has 196 valence electrons. The molecule has 1 aromatic heterocycles. The van der Waals surface area contributed by atoms with Crippen LogP contribution in [0, 0.1) is 12.8 Å². The first-order chi connectivity index (χ1) is 17.0. The SMILES string of the molecule is CC(=O)NC1CCN(Cc2ccc(C)c(-c3ccc4c(n3)N(C)S(O)(O)N4CC3CC3(F)F)c2)CC1. The zero-order valence-corrected chi connectivity index (χ0v) is 21.6. The summed E-state index contributed by atoms with van der Waals surface area (Å²) in [6.45, 7) is 6.03. The number of fused-ring (bicyclic) bond motifs is 1. The van der Waals surface area contributed by atoms with E-state index in [0.717, 1.165) is 49.2 Å². The lowest BCUT2D eigenvalue weighted by Gasteiger charge is -2.41. The minimum Gasteiger partial charge on any atom is -0.354 e. The van der Waals surface area contributed by atoms with Gasteiger partial charge >= 0.3 is 0 Å². The highest BCUT2D eigenvalue weighted by atomic mass is 32.3. The number of hydrogen-bond acceptors (Lipinski definition) is 7. The highest BCUT2D eigenvalue weighted by molar-refractivity contribution is 8.26. The van der Waals surface area contributed by atoms with Gasteiger partial charge in [0.05, 0.1) is 5.69 Å². The van der Waals surface area contributed by atoms with Crippen LogP contribution in [0.3, 0.4) is 0 Å². The number of nitrogens with one attached hydrogen (secondary N) is 1. The van der Waals surface area contributed by atoms with Crippen molar-refractivity contribution in [2.24, 2.45) is 5.92 Å². The van der Waals surface area contributed by atoms with E-state index in [9.17, 15) is 22.7 Å². The van der Waals surface area contributed by atoms with Gasteiger partial charge in [-0.15, -0.1) is 0 Å². The van der Waals surface area contributed by atoms with Crippen molar-refractivity contribution in [3.63, 3.8) is 0 Å². The number of anilines is 2. The predicted octanol–water partition coefficient (Wildman–Crippen LogP) is 4.65. The first kappa shape index (κ1) is 25.2. The summed E-state index contributed by atoms with van der Waals surface area (Å²) in [6, 6.07) is 10.1. The Kier molecular flexibility index (Phi) is 6.39. The molecule has 11 heteroatoms. The van der Waals surface area contributed by atoms with Crippen LogP contribution in [-0.4, -0.2) is 63.5 Å². The van der Waals surface area contributed by atoms with E-state index in [4.69, 9.17) is 4.98 Å². The Morgan fingerprint density at radius 1 is 1.22 bits per heavy atom. The molecule has 0 radical (unpaired) electrons. The zero-order valence-electron chi connectivity index (χ0n) is 20.7. The minimum atomic E-state index is -3.44. The molecule has 1 aromatic carbocycles. The molecule has 1 unspecified atom stereocenters. The standard InChI is InChI=1S/C25H33F2N5O3S/c1-16-4-5-18(14-31-10-8-20(9-11-31)28-17(2)33)12-21(16)22-6-7-23-24(29-22)30(3)36(34,35)32(23)15-19-13-25(19,26)27/h4-7,12,19-20,34-35H,8-11,13-15H2,1-3H3,(H,28,33). The lowest BCUT2D eigenvalue weighted by molar-refractivity contribution is -0.120. The number of carbonyl (C=O) groups is 1. The number of pyridine rings is 1. The van der Waals surface area contributed by atoms with Crippen LogP contribution in [0.15, 0.2) is 30.3 Å². The molecule has 1 aliphatic carbocycles. The van der Waals surface area contributed by atoms with Crippen LogP contribution in [0.25, 0.3) is 11.3 Å². The predicted molar refractivity (Wildman–Crippen MR) is 138 cm³/mol. The van der Waals surface area contributed by atoms with E-state index in [0.29, 0.717) is 17.2 Å². The van der Waals surface area contributed by atoms with Crippen molar-refractivity contribution >= 4 is 28.4 Å². The topological polar surface area (TPSA) is 92.2 Å². The maximum absolute atomic E-state index is 13.5. The number of likely N-dealkylation sites (tertiary alicyclic amines) is 1. The van der Waals surface area contributed by atoms with Gasteiger partial charge in [-0.1, -0.05) is 12.1 Å². The average Bonchev–Trinajstić information content (AvgIpc) is 3.38. The highest BCUT2D eigenvalue weighted by Gasteiger charge is 2.59. The maximum atomic E-state index is 13.5. The Balaban J connectivity index is 1.34. The van der Waals surface area contributed by atoms with E-state index in [1.807, 2.05) is 13.0 Å². The Hall–Kier alpha value is -2.47. The molecule has 3 N–H and O–H groups in total. The second-order valence-corrected chi connectivity index (χ2v) is 12.1. The molecular weight excluding hydrogens is 488 g/mol. The van der Waals surface area contributed by atoms with Crippen molar-refractivity contribution in [1.82, 2.24) is 15.2 Å². The largest absolute Gasteiger partial charge is 0.354 e. The van der Waals surface area contributed by atoms with Crippen molar-refractivity contribution in [3.8, 4) is 11.3 Å². The Bertz CT molecular complexity index is 1170. The molecule has 2 aliphatic heterocycles. The fourth-order valence-corrected chi connectivity index (χ4v) is 6.55. The number of halogens is 2. The van der Waals surface area contributed by atoms with Gasteiger partial charge in [0.1, 0.15) is 5.69 Å². The number of aryl methyl sites for hydroxylation is 1. The molecule has 0 spiro atoms. The number of alkyl halides is 2. The molecule has 2 aromatic rings. The van der Waals surface area contributed by atoms with Gasteiger partial charge in [-0.2, -0.15) is 0 Å². The van der Waals surface area contributed by atoms with E-state index >= 15 is 0 Å². The monoisotopic (exact) mass is 521 g/mol. The third kappa shape index (κ3) is 4.77. The summed E-state index contributed by atoms with van der Waals surface area (Å²) in [5.41, 5.74) is 4.28. The Labute approximate surface area is 211 Å². The molecule has 3 aliphatic rings. The van der Waals surface area contributed by atoms with Crippen molar-refractivity contribution in [1.29, 1.82) is 0 Å². The molecule has 1 saturated carbocycles. The van der Waals surface area contributed by atoms with Gasteiger partial charge in [-0.25, -0.2) is 22.4 Å². The smallest absolute Gasteiger partial charge is 0.253 e. The van der Waals surface area contributed by atoms with Gasteiger partial charge in [0.2, 0.25) is 5.91 Å². The van der Waals surface area contributed by atoms with E-state index in [1.54, 1.807) is 13.0 Å². The number of piperidine rings is 1. The van der Waals surface area contributed by atoms with E-state index in [2.05, 4.69) is 28.4 Å². The zero-order chi connectivity index (χ0) is 25.8. The summed E-state index contributed by atoms with van der Waals surface area (Å²) in [7, 11) is -1.91. The summed E-state index contributed by atoms with van der Waals surface area (Å²) in [6.07, 6.45) is 1.61. The second kappa shape index (κ2) is 9.13.